The number of hydrogen-bond acceptors (Lipinski definition) is 3. The zero-order chi connectivity index (χ0) is 19.8. The number of nitrogens with one attached hydrogen (secondary N) is 2. The number of halogens is 1. The summed E-state index contributed by atoms with van der Waals surface area (Å²) in [6, 6.07) is 9.29. The number of carbonyl (C=O) groups is 3. The van der Waals surface area contributed by atoms with Gasteiger partial charge in [-0.2, -0.15) is 0 Å². The Balaban J connectivity index is 1.46. The molecule has 0 spiro atoms. The molecule has 0 aromatic heterocycles. The number of aryl methyl sites for hydroxylation is 1. The maximum Gasteiger partial charge on any atom is 0.313 e. The van der Waals surface area contributed by atoms with E-state index in [0.29, 0.717) is 11.3 Å². The van der Waals surface area contributed by atoms with E-state index in [-0.39, 0.29) is 24.2 Å². The molecule has 28 heavy (non-hydrogen) atoms. The standard InChI is InChI=1S/C21H20FN3O3/c1-12-17-10-16(9-14-3-2-8-25(18(14)17)21(12)28)24-20(27)19(26)23-11-13-4-6-15(22)7-5-13/h4-7,9-10,12H,2-3,8,11H2,1H3,(H,23,26)(H,24,27). The van der Waals surface area contributed by atoms with Gasteiger partial charge in [-0.15, -0.1) is 0 Å². The number of rotatable bonds is 3. The SMILES string of the molecule is CC1C(=O)N2CCCc3cc(NC(=O)C(=O)NCc4ccc(F)cc4)cc1c32. The molecule has 2 aliphatic rings. The van der Waals surface area contributed by atoms with Gasteiger partial charge >= 0.3 is 11.8 Å². The molecule has 7 heteroatoms. The second-order valence-corrected chi connectivity index (χ2v) is 7.15. The first kappa shape index (κ1) is 18.2. The van der Waals surface area contributed by atoms with Crippen LogP contribution >= 0.6 is 0 Å². The van der Waals surface area contributed by atoms with Crippen molar-refractivity contribution < 1.29 is 18.8 Å². The van der Waals surface area contributed by atoms with Crippen LogP contribution in [-0.2, 0) is 27.3 Å². The third kappa shape index (κ3) is 3.24. The molecule has 3 amide bonds. The maximum absolute atomic E-state index is 12.9. The van der Waals surface area contributed by atoms with Crippen LogP contribution in [0.15, 0.2) is 36.4 Å². The Bertz CT molecular complexity index is 972. The van der Waals surface area contributed by atoms with Gasteiger partial charge in [0, 0.05) is 18.8 Å². The van der Waals surface area contributed by atoms with Gasteiger partial charge in [-0.05, 0) is 60.7 Å². The quantitative estimate of drug-likeness (QED) is 0.802. The van der Waals surface area contributed by atoms with E-state index in [4.69, 9.17) is 0 Å². The van der Waals surface area contributed by atoms with Gasteiger partial charge in [-0.25, -0.2) is 4.39 Å². The van der Waals surface area contributed by atoms with Crippen molar-refractivity contribution in [3.8, 4) is 0 Å². The average molecular weight is 381 g/mol. The van der Waals surface area contributed by atoms with Crippen molar-refractivity contribution in [1.29, 1.82) is 0 Å². The van der Waals surface area contributed by atoms with Crippen LogP contribution in [0.1, 0.15) is 36.0 Å². The van der Waals surface area contributed by atoms with Crippen molar-refractivity contribution in [1.82, 2.24) is 5.32 Å². The maximum atomic E-state index is 12.9. The summed E-state index contributed by atoms with van der Waals surface area (Å²) in [6.07, 6.45) is 1.71. The number of carbonyl (C=O) groups excluding carboxylic acids is 3. The molecule has 0 bridgehead atoms. The summed E-state index contributed by atoms with van der Waals surface area (Å²) in [7, 11) is 0. The van der Waals surface area contributed by atoms with Gasteiger partial charge in [0.15, 0.2) is 0 Å². The van der Waals surface area contributed by atoms with Crippen molar-refractivity contribution in [3.05, 3.63) is 58.9 Å². The van der Waals surface area contributed by atoms with Gasteiger partial charge in [-0.1, -0.05) is 12.1 Å². The van der Waals surface area contributed by atoms with Crippen LogP contribution in [-0.4, -0.2) is 24.3 Å². The molecule has 2 aliphatic heterocycles. The minimum atomic E-state index is -0.779. The second kappa shape index (κ2) is 7.07. The average Bonchev–Trinajstić information content (AvgIpc) is 2.94. The Morgan fingerprint density at radius 1 is 1.18 bits per heavy atom. The Morgan fingerprint density at radius 3 is 2.68 bits per heavy atom. The van der Waals surface area contributed by atoms with Crippen LogP contribution in [0.3, 0.4) is 0 Å². The fraction of sp³-hybridized carbons (Fsp3) is 0.286. The van der Waals surface area contributed by atoms with E-state index >= 15 is 0 Å². The molecule has 1 atom stereocenters. The molecule has 0 aliphatic carbocycles. The van der Waals surface area contributed by atoms with Crippen molar-refractivity contribution in [2.75, 3.05) is 16.8 Å². The predicted molar refractivity (Wildman–Crippen MR) is 102 cm³/mol. The van der Waals surface area contributed by atoms with Crippen molar-refractivity contribution in [3.63, 3.8) is 0 Å². The Hall–Kier alpha value is -3.22. The van der Waals surface area contributed by atoms with Crippen molar-refractivity contribution >= 4 is 29.1 Å². The lowest BCUT2D eigenvalue weighted by atomic mass is 9.96. The molecule has 2 N–H and O–H groups in total. The summed E-state index contributed by atoms with van der Waals surface area (Å²) in [5, 5.41) is 5.14. The molecule has 2 aromatic carbocycles. The summed E-state index contributed by atoms with van der Waals surface area (Å²) in [6.45, 7) is 2.71. The summed E-state index contributed by atoms with van der Waals surface area (Å²) in [5.74, 6) is -2.09. The number of nitrogens with zero attached hydrogens (tertiary/aromatic N) is 1. The summed E-state index contributed by atoms with van der Waals surface area (Å²) >= 11 is 0. The minimum Gasteiger partial charge on any atom is -0.344 e. The molecule has 4 rings (SSSR count). The van der Waals surface area contributed by atoms with Gasteiger partial charge < -0.3 is 15.5 Å². The van der Waals surface area contributed by atoms with Crippen molar-refractivity contribution in [2.24, 2.45) is 0 Å². The Labute approximate surface area is 161 Å². The number of amides is 3. The zero-order valence-electron chi connectivity index (χ0n) is 15.4. The second-order valence-electron chi connectivity index (χ2n) is 7.15. The van der Waals surface area contributed by atoms with E-state index in [2.05, 4.69) is 10.6 Å². The summed E-state index contributed by atoms with van der Waals surface area (Å²) in [4.78, 5) is 38.6. The lowest BCUT2D eigenvalue weighted by Gasteiger charge is -2.26. The third-order valence-electron chi connectivity index (χ3n) is 5.25. The first-order valence-corrected chi connectivity index (χ1v) is 9.26. The lowest BCUT2D eigenvalue weighted by Crippen LogP contribution is -2.35. The predicted octanol–water partition coefficient (Wildman–Crippen LogP) is 2.48. The van der Waals surface area contributed by atoms with Crippen LogP contribution in [0.2, 0.25) is 0 Å². The molecule has 0 saturated heterocycles. The third-order valence-corrected chi connectivity index (χ3v) is 5.25. The molecular formula is C21H20FN3O3. The van der Waals surface area contributed by atoms with Crippen LogP contribution in [0.5, 0.6) is 0 Å². The number of hydrogen-bond donors (Lipinski definition) is 2. The molecule has 0 radical (unpaired) electrons. The van der Waals surface area contributed by atoms with Gasteiger partial charge in [0.25, 0.3) is 0 Å². The highest BCUT2D eigenvalue weighted by atomic mass is 19.1. The summed E-state index contributed by atoms with van der Waals surface area (Å²) in [5.41, 5.74) is 4.08. The van der Waals surface area contributed by atoms with Gasteiger partial charge in [0.05, 0.1) is 11.6 Å². The topological polar surface area (TPSA) is 78.5 Å². The molecule has 1 unspecified atom stereocenters. The van der Waals surface area contributed by atoms with E-state index in [0.717, 1.165) is 36.2 Å². The lowest BCUT2D eigenvalue weighted by molar-refractivity contribution is -0.136. The fourth-order valence-electron chi connectivity index (χ4n) is 3.82. The van der Waals surface area contributed by atoms with E-state index in [1.54, 1.807) is 18.2 Å². The summed E-state index contributed by atoms with van der Waals surface area (Å²) < 4.78 is 12.9. The highest BCUT2D eigenvalue weighted by Gasteiger charge is 2.38. The zero-order valence-corrected chi connectivity index (χ0v) is 15.4. The molecule has 6 nitrogen and oxygen atoms in total. The van der Waals surface area contributed by atoms with Gasteiger partial charge in [0.1, 0.15) is 5.82 Å². The van der Waals surface area contributed by atoms with E-state index in [1.165, 1.54) is 12.1 Å². The monoisotopic (exact) mass is 381 g/mol. The van der Waals surface area contributed by atoms with E-state index in [9.17, 15) is 18.8 Å². The van der Waals surface area contributed by atoms with Crippen molar-refractivity contribution in [2.45, 2.75) is 32.2 Å². The molecule has 144 valence electrons. The molecular weight excluding hydrogens is 361 g/mol. The largest absolute Gasteiger partial charge is 0.344 e. The first-order valence-electron chi connectivity index (χ1n) is 9.26. The minimum absolute atomic E-state index is 0.0801. The fourth-order valence-corrected chi connectivity index (χ4v) is 3.82. The number of anilines is 2. The Kier molecular flexibility index (Phi) is 4.58. The highest BCUT2D eigenvalue weighted by Crippen LogP contribution is 2.44. The Morgan fingerprint density at radius 2 is 1.93 bits per heavy atom. The molecule has 0 fully saturated rings. The van der Waals surface area contributed by atoms with E-state index < -0.39 is 11.8 Å². The van der Waals surface area contributed by atoms with Crippen LogP contribution < -0.4 is 15.5 Å². The van der Waals surface area contributed by atoms with E-state index in [1.807, 2.05) is 17.9 Å². The molecule has 0 saturated carbocycles. The number of benzene rings is 2. The van der Waals surface area contributed by atoms with Gasteiger partial charge in [-0.3, -0.25) is 14.4 Å². The normalized spacial score (nSPS) is 17.3. The highest BCUT2D eigenvalue weighted by molar-refractivity contribution is 6.39. The molecule has 2 aromatic rings. The smallest absolute Gasteiger partial charge is 0.313 e. The van der Waals surface area contributed by atoms with Crippen LogP contribution in [0.25, 0.3) is 0 Å². The van der Waals surface area contributed by atoms with Crippen LogP contribution in [0.4, 0.5) is 15.8 Å². The van der Waals surface area contributed by atoms with Gasteiger partial charge in [0.2, 0.25) is 5.91 Å². The first-order chi connectivity index (χ1) is 13.4. The molecule has 2 heterocycles. The van der Waals surface area contributed by atoms with Crippen LogP contribution in [0, 0.1) is 5.82 Å².